The zero-order chi connectivity index (χ0) is 25.8. The molecule has 1 aliphatic rings. The first-order valence-electron chi connectivity index (χ1n) is 10.9. The van der Waals surface area contributed by atoms with Gasteiger partial charge < -0.3 is 24.3 Å². The van der Waals surface area contributed by atoms with Crippen molar-refractivity contribution in [3.8, 4) is 0 Å². The second kappa shape index (κ2) is 10.5. The molecule has 0 aliphatic carbocycles. The fourth-order valence-corrected chi connectivity index (χ4v) is 3.82. The topological polar surface area (TPSA) is 161 Å². The Labute approximate surface area is 204 Å². The number of anilines is 1. The molecule has 1 aromatic carbocycles. The standard InChI is InChI=1S/C23H23N5O8/c1-12(29)33-9-16-18(34-13(2)30)19(35-14(3)31)23(36-16)28-11-26-17-20(24-10-25-21(17)28)27-22(32)15-7-5-4-6-8-15/h4-8,10-11,16,18-19,23H,9H2,1-3H3,(H,24,25,27,32)/t16-,18-,19-,23+/m0/s1. The van der Waals surface area contributed by atoms with Crippen LogP contribution in [-0.2, 0) is 33.3 Å². The minimum absolute atomic E-state index is 0.155. The van der Waals surface area contributed by atoms with Crippen molar-refractivity contribution in [2.75, 3.05) is 11.9 Å². The molecule has 1 fully saturated rings. The monoisotopic (exact) mass is 497 g/mol. The molecule has 1 N–H and O–H groups in total. The minimum Gasteiger partial charge on any atom is -0.463 e. The maximum Gasteiger partial charge on any atom is 0.303 e. The fraction of sp³-hybridized carbons (Fsp3) is 0.348. The first kappa shape index (κ1) is 24.7. The predicted molar refractivity (Wildman–Crippen MR) is 121 cm³/mol. The summed E-state index contributed by atoms with van der Waals surface area (Å²) in [5.41, 5.74) is 0.930. The molecule has 13 heteroatoms. The molecule has 0 saturated carbocycles. The second-order valence-corrected chi connectivity index (χ2v) is 7.88. The lowest BCUT2D eigenvalue weighted by Crippen LogP contribution is -2.40. The van der Waals surface area contributed by atoms with Gasteiger partial charge in [-0.2, -0.15) is 0 Å². The van der Waals surface area contributed by atoms with Crippen LogP contribution in [0.5, 0.6) is 0 Å². The lowest BCUT2D eigenvalue weighted by atomic mass is 10.1. The summed E-state index contributed by atoms with van der Waals surface area (Å²) < 4.78 is 23.4. The lowest BCUT2D eigenvalue weighted by molar-refractivity contribution is -0.166. The molecule has 13 nitrogen and oxygen atoms in total. The Morgan fingerprint density at radius 3 is 2.31 bits per heavy atom. The summed E-state index contributed by atoms with van der Waals surface area (Å²) in [7, 11) is 0. The predicted octanol–water partition coefficient (Wildman–Crippen LogP) is 1.40. The van der Waals surface area contributed by atoms with E-state index in [4.69, 9.17) is 18.9 Å². The van der Waals surface area contributed by atoms with Crippen molar-refractivity contribution in [3.63, 3.8) is 0 Å². The maximum absolute atomic E-state index is 12.6. The van der Waals surface area contributed by atoms with Crippen LogP contribution in [0, 0.1) is 0 Å². The smallest absolute Gasteiger partial charge is 0.303 e. The van der Waals surface area contributed by atoms with Gasteiger partial charge in [0.15, 0.2) is 35.4 Å². The van der Waals surface area contributed by atoms with Crippen LogP contribution in [0.4, 0.5) is 5.82 Å². The van der Waals surface area contributed by atoms with Crippen molar-refractivity contribution >= 4 is 40.8 Å². The van der Waals surface area contributed by atoms with Crippen LogP contribution in [0.1, 0.15) is 37.4 Å². The molecule has 4 rings (SSSR count). The molecule has 1 aliphatic heterocycles. The van der Waals surface area contributed by atoms with Crippen molar-refractivity contribution in [1.29, 1.82) is 0 Å². The van der Waals surface area contributed by atoms with Gasteiger partial charge in [-0.05, 0) is 12.1 Å². The number of fused-ring (bicyclic) bond motifs is 1. The molecule has 0 unspecified atom stereocenters. The molecule has 0 bridgehead atoms. The van der Waals surface area contributed by atoms with E-state index in [1.54, 1.807) is 30.3 Å². The number of esters is 3. The molecule has 3 heterocycles. The van der Waals surface area contributed by atoms with Gasteiger partial charge >= 0.3 is 17.9 Å². The number of carbonyl (C=O) groups excluding carboxylic acids is 4. The summed E-state index contributed by atoms with van der Waals surface area (Å²) in [6.45, 7) is 3.37. The van der Waals surface area contributed by atoms with Crippen LogP contribution in [0.15, 0.2) is 43.0 Å². The summed E-state index contributed by atoms with van der Waals surface area (Å²) in [5, 5.41) is 2.71. The maximum atomic E-state index is 12.6. The normalized spacial score (nSPS) is 21.1. The molecule has 36 heavy (non-hydrogen) atoms. The van der Waals surface area contributed by atoms with Gasteiger partial charge in [0.05, 0.1) is 6.33 Å². The van der Waals surface area contributed by atoms with Crippen molar-refractivity contribution in [2.24, 2.45) is 0 Å². The average Bonchev–Trinajstić information content (AvgIpc) is 3.40. The van der Waals surface area contributed by atoms with Crippen LogP contribution in [0.25, 0.3) is 11.2 Å². The van der Waals surface area contributed by atoms with Gasteiger partial charge in [-0.3, -0.25) is 23.7 Å². The van der Waals surface area contributed by atoms with Gasteiger partial charge in [0.1, 0.15) is 19.0 Å². The Morgan fingerprint density at radius 1 is 0.944 bits per heavy atom. The number of nitrogens with zero attached hydrogens (tertiary/aromatic N) is 4. The quantitative estimate of drug-likeness (QED) is 0.371. The number of hydrogen-bond acceptors (Lipinski definition) is 11. The van der Waals surface area contributed by atoms with E-state index >= 15 is 0 Å². The van der Waals surface area contributed by atoms with Crippen molar-refractivity contribution in [2.45, 2.75) is 45.3 Å². The molecular formula is C23H23N5O8. The highest BCUT2D eigenvalue weighted by atomic mass is 16.7. The van der Waals surface area contributed by atoms with Gasteiger partial charge in [-0.15, -0.1) is 0 Å². The molecule has 2 aromatic heterocycles. The molecule has 0 radical (unpaired) electrons. The van der Waals surface area contributed by atoms with E-state index in [0.29, 0.717) is 5.56 Å². The zero-order valence-electron chi connectivity index (χ0n) is 19.6. The highest BCUT2D eigenvalue weighted by Gasteiger charge is 2.51. The van der Waals surface area contributed by atoms with E-state index in [0.717, 1.165) is 0 Å². The number of ether oxygens (including phenoxy) is 4. The Balaban J connectivity index is 1.68. The van der Waals surface area contributed by atoms with Gasteiger partial charge in [-0.1, -0.05) is 18.2 Å². The van der Waals surface area contributed by atoms with Crippen LogP contribution < -0.4 is 5.32 Å². The van der Waals surface area contributed by atoms with Crippen LogP contribution in [0.3, 0.4) is 0 Å². The number of amides is 1. The number of rotatable bonds is 7. The van der Waals surface area contributed by atoms with Crippen molar-refractivity contribution < 1.29 is 38.1 Å². The number of aromatic nitrogens is 4. The Kier molecular flexibility index (Phi) is 7.20. The van der Waals surface area contributed by atoms with Crippen molar-refractivity contribution in [1.82, 2.24) is 19.5 Å². The molecule has 4 atom stereocenters. The van der Waals surface area contributed by atoms with Crippen LogP contribution >= 0.6 is 0 Å². The summed E-state index contributed by atoms with van der Waals surface area (Å²) >= 11 is 0. The number of imidazole rings is 1. The van der Waals surface area contributed by atoms with Gasteiger partial charge in [0.2, 0.25) is 0 Å². The third-order valence-electron chi connectivity index (χ3n) is 5.24. The number of nitrogens with one attached hydrogen (secondary N) is 1. The Bertz CT molecular complexity index is 1290. The third kappa shape index (κ3) is 5.30. The minimum atomic E-state index is -1.11. The third-order valence-corrected chi connectivity index (χ3v) is 5.24. The number of carbonyl (C=O) groups is 4. The van der Waals surface area contributed by atoms with E-state index in [9.17, 15) is 19.2 Å². The SMILES string of the molecule is CC(=O)OC[C@@H]1O[C@@H](n2cnc3c(NC(=O)c4ccccc4)ncnc32)[C@@H](OC(C)=O)[C@H]1OC(C)=O. The first-order valence-corrected chi connectivity index (χ1v) is 10.9. The highest BCUT2D eigenvalue weighted by molar-refractivity contribution is 6.06. The molecular weight excluding hydrogens is 474 g/mol. The Hall–Kier alpha value is -4.39. The zero-order valence-corrected chi connectivity index (χ0v) is 19.6. The molecule has 0 spiro atoms. The van der Waals surface area contributed by atoms with Crippen LogP contribution in [0.2, 0.25) is 0 Å². The van der Waals surface area contributed by atoms with Crippen molar-refractivity contribution in [3.05, 3.63) is 48.5 Å². The number of benzene rings is 1. The first-order chi connectivity index (χ1) is 17.2. The highest BCUT2D eigenvalue weighted by Crippen LogP contribution is 2.36. The van der Waals surface area contributed by atoms with Gasteiger partial charge in [0.25, 0.3) is 5.91 Å². The summed E-state index contributed by atoms with van der Waals surface area (Å²) in [4.78, 5) is 60.4. The summed E-state index contributed by atoms with van der Waals surface area (Å²) in [6.07, 6.45) is -1.57. The van der Waals surface area contributed by atoms with E-state index in [-0.39, 0.29) is 23.6 Å². The summed E-state index contributed by atoms with van der Waals surface area (Å²) in [5.74, 6) is -2.09. The van der Waals surface area contributed by atoms with Gasteiger partial charge in [0, 0.05) is 26.3 Å². The van der Waals surface area contributed by atoms with E-state index < -0.39 is 48.4 Å². The largest absolute Gasteiger partial charge is 0.463 e. The Morgan fingerprint density at radius 2 is 1.64 bits per heavy atom. The van der Waals surface area contributed by atoms with Gasteiger partial charge in [-0.25, -0.2) is 15.0 Å². The molecule has 188 valence electrons. The van der Waals surface area contributed by atoms with E-state index in [1.807, 2.05) is 0 Å². The lowest BCUT2D eigenvalue weighted by Gasteiger charge is -2.23. The van der Waals surface area contributed by atoms with E-state index in [2.05, 4.69) is 20.3 Å². The average molecular weight is 497 g/mol. The van der Waals surface area contributed by atoms with E-state index in [1.165, 1.54) is 38.0 Å². The second-order valence-electron chi connectivity index (χ2n) is 7.88. The molecule has 3 aromatic rings. The molecule has 1 saturated heterocycles. The molecule has 1 amide bonds. The van der Waals surface area contributed by atoms with Crippen LogP contribution in [-0.4, -0.2) is 68.3 Å². The fourth-order valence-electron chi connectivity index (χ4n) is 3.82. The summed E-state index contributed by atoms with van der Waals surface area (Å²) in [6, 6.07) is 8.57. The number of hydrogen-bond donors (Lipinski definition) is 1.